The minimum absolute atomic E-state index is 0.0157. The third kappa shape index (κ3) is 18.7. The lowest BCUT2D eigenvalue weighted by atomic mass is 10.0. The van der Waals surface area contributed by atoms with Crippen LogP contribution in [0.1, 0.15) is 57.8 Å². The van der Waals surface area contributed by atoms with E-state index < -0.39 is 46.9 Å². The van der Waals surface area contributed by atoms with Gasteiger partial charge in [-0.05, 0) is 25.7 Å². The van der Waals surface area contributed by atoms with Gasteiger partial charge >= 0.3 is 0 Å². The molecule has 61 heavy (non-hydrogen) atoms. The molecule has 0 atom stereocenters. The fourth-order valence-corrected chi connectivity index (χ4v) is 6.02. The number of nitrogens with zero attached hydrogens (tertiary/aromatic N) is 3. The third-order valence-electron chi connectivity index (χ3n) is 9.09. The Kier molecular flexibility index (Phi) is 21.7. The minimum atomic E-state index is -1.26. The molecule has 0 aromatic heterocycles. The maximum Gasteiger partial charge on any atom is 0.253 e. The van der Waals surface area contributed by atoms with E-state index in [4.69, 9.17) is 14.2 Å². The third-order valence-corrected chi connectivity index (χ3v) is 9.31. The number of nitrogens with one attached hydrogen (secondary N) is 4. The van der Waals surface area contributed by atoms with Gasteiger partial charge in [-0.1, -0.05) is 0 Å². The van der Waals surface area contributed by atoms with E-state index in [-0.39, 0.29) is 140 Å². The summed E-state index contributed by atoms with van der Waals surface area (Å²) in [4.78, 5) is 135. The van der Waals surface area contributed by atoms with E-state index in [1.807, 2.05) is 0 Å². The lowest BCUT2D eigenvalue weighted by molar-refractivity contribution is -0.139. The Morgan fingerprint density at radius 1 is 0.459 bits per heavy atom. The Labute approximate surface area is 357 Å². The molecule has 3 rings (SSSR count). The fraction of sp³-hybridized carbons (Fsp3) is 0.564. The zero-order chi connectivity index (χ0) is 44.6. The zero-order valence-electron chi connectivity index (χ0n) is 33.8. The van der Waals surface area contributed by atoms with E-state index in [1.54, 1.807) is 0 Å². The van der Waals surface area contributed by atoms with E-state index >= 15 is 0 Å². The first-order chi connectivity index (χ1) is 29.2. The molecule has 22 heteroatoms. The fourth-order valence-electron chi connectivity index (χ4n) is 5.86. The second-order valence-electron chi connectivity index (χ2n) is 14.1. The van der Waals surface area contributed by atoms with Gasteiger partial charge in [-0.25, -0.2) is 0 Å². The number of imide groups is 3. The van der Waals surface area contributed by atoms with Crippen molar-refractivity contribution >= 4 is 76.8 Å². The summed E-state index contributed by atoms with van der Waals surface area (Å²) in [5, 5.41) is 10.7. The van der Waals surface area contributed by atoms with Gasteiger partial charge in [0, 0.05) is 128 Å². The number of hydrogen-bond acceptors (Lipinski definition) is 14. The molecule has 334 valence electrons. The van der Waals surface area contributed by atoms with E-state index in [9.17, 15) is 52.7 Å². The molecule has 0 fully saturated rings. The Morgan fingerprint density at radius 2 is 0.770 bits per heavy atom. The predicted octanol–water partition coefficient (Wildman–Crippen LogP) is -2.02. The summed E-state index contributed by atoms with van der Waals surface area (Å²) >= 11 is 3.76. The summed E-state index contributed by atoms with van der Waals surface area (Å²) in [5.74, 6) is -4.42. The predicted molar refractivity (Wildman–Crippen MR) is 215 cm³/mol. The summed E-state index contributed by atoms with van der Waals surface area (Å²) in [5.41, 5.74) is -1.26. The second-order valence-corrected chi connectivity index (χ2v) is 14.6. The molecule has 0 saturated carbocycles. The van der Waals surface area contributed by atoms with Crippen molar-refractivity contribution in [2.45, 2.75) is 63.3 Å². The molecule has 0 aromatic carbocycles. The maximum atomic E-state index is 13.2. The van der Waals surface area contributed by atoms with E-state index in [0.717, 1.165) is 51.2 Å². The van der Waals surface area contributed by atoms with Crippen molar-refractivity contribution in [1.82, 2.24) is 36.0 Å². The molecule has 0 aliphatic carbocycles. The first-order valence-electron chi connectivity index (χ1n) is 19.9. The Morgan fingerprint density at radius 3 is 1.07 bits per heavy atom. The first-order valence-corrected chi connectivity index (χ1v) is 20.3. The van der Waals surface area contributed by atoms with Gasteiger partial charge in [-0.15, -0.1) is 12.6 Å². The normalized spacial score (nSPS) is 14.8. The van der Waals surface area contributed by atoms with Gasteiger partial charge in [0.25, 0.3) is 35.4 Å². The summed E-state index contributed by atoms with van der Waals surface area (Å²) in [6.45, 7) is 0.535. The van der Waals surface area contributed by atoms with Gasteiger partial charge in [-0.2, -0.15) is 0 Å². The highest BCUT2D eigenvalue weighted by molar-refractivity contribution is 7.96. The van der Waals surface area contributed by atoms with Gasteiger partial charge in [0.1, 0.15) is 5.54 Å². The van der Waals surface area contributed by atoms with Crippen molar-refractivity contribution in [3.8, 4) is 0 Å². The number of thiol groups is 1. The van der Waals surface area contributed by atoms with Crippen LogP contribution in [-0.4, -0.2) is 163 Å². The SMILES string of the molecule is O=C(S)CCCC(=O)NC(COCCCNC(=O)CCN1C(=O)C=CC1=O)(COCCCNC(=O)CCN1C(=O)C=CC1=O)COCCCNC(=O)CCN1C(=O)C=CC1=O. The molecule has 10 amide bonds. The molecule has 3 heterocycles. The number of carbonyl (C=O) groups excluding carboxylic acids is 11. The Hall–Kier alpha value is -5.58. The average molecular weight is 876 g/mol. The van der Waals surface area contributed by atoms with Crippen LogP contribution in [0.2, 0.25) is 0 Å². The number of carbonyl (C=O) groups is 11. The zero-order valence-corrected chi connectivity index (χ0v) is 34.7. The molecular formula is C39H53N7O14S. The van der Waals surface area contributed by atoms with Gasteiger partial charge in [0.05, 0.1) is 19.8 Å². The summed E-state index contributed by atoms with van der Waals surface area (Å²) < 4.78 is 17.9. The number of amides is 10. The van der Waals surface area contributed by atoms with Crippen molar-refractivity contribution < 1.29 is 67.0 Å². The number of rotatable bonds is 32. The Balaban J connectivity index is 1.51. The average Bonchev–Trinajstić information content (AvgIpc) is 3.84. The highest BCUT2D eigenvalue weighted by atomic mass is 32.1. The molecule has 21 nitrogen and oxygen atoms in total. The lowest BCUT2D eigenvalue weighted by Crippen LogP contribution is -2.58. The highest BCUT2D eigenvalue weighted by Crippen LogP contribution is 2.13. The smallest absolute Gasteiger partial charge is 0.253 e. The van der Waals surface area contributed by atoms with Crippen LogP contribution >= 0.6 is 12.6 Å². The summed E-state index contributed by atoms with van der Waals surface area (Å²) in [6.07, 6.45) is 7.96. The minimum Gasteiger partial charge on any atom is -0.379 e. The molecule has 0 saturated heterocycles. The first kappa shape index (κ1) is 49.8. The van der Waals surface area contributed by atoms with Crippen LogP contribution in [0.25, 0.3) is 0 Å². The van der Waals surface area contributed by atoms with Crippen LogP contribution in [0.5, 0.6) is 0 Å². The summed E-state index contributed by atoms with van der Waals surface area (Å²) in [7, 11) is 0. The van der Waals surface area contributed by atoms with Crippen molar-refractivity contribution in [1.29, 1.82) is 0 Å². The van der Waals surface area contributed by atoms with Crippen LogP contribution in [-0.2, 0) is 67.0 Å². The molecular weight excluding hydrogens is 823 g/mol. The topological polar surface area (TPSA) is 273 Å². The van der Waals surface area contributed by atoms with Gasteiger partial charge < -0.3 is 35.5 Å². The van der Waals surface area contributed by atoms with E-state index in [0.29, 0.717) is 19.3 Å². The largest absolute Gasteiger partial charge is 0.379 e. The van der Waals surface area contributed by atoms with Gasteiger partial charge in [-0.3, -0.25) is 67.4 Å². The maximum absolute atomic E-state index is 13.2. The number of hydrogen-bond donors (Lipinski definition) is 5. The summed E-state index contributed by atoms with van der Waals surface area (Å²) in [6, 6.07) is 0. The lowest BCUT2D eigenvalue weighted by Gasteiger charge is -2.34. The quantitative estimate of drug-likeness (QED) is 0.0278. The molecule has 0 aromatic rings. The van der Waals surface area contributed by atoms with E-state index in [2.05, 4.69) is 33.9 Å². The molecule has 3 aliphatic heterocycles. The van der Waals surface area contributed by atoms with Crippen LogP contribution < -0.4 is 21.3 Å². The van der Waals surface area contributed by atoms with Gasteiger partial charge in [0.2, 0.25) is 23.6 Å². The molecule has 0 spiro atoms. The Bertz CT molecular complexity index is 1530. The van der Waals surface area contributed by atoms with Crippen molar-refractivity contribution in [3.05, 3.63) is 36.5 Å². The van der Waals surface area contributed by atoms with Crippen molar-refractivity contribution in [3.63, 3.8) is 0 Å². The molecule has 0 unspecified atom stereocenters. The molecule has 4 N–H and O–H groups in total. The van der Waals surface area contributed by atoms with E-state index in [1.165, 1.54) is 0 Å². The second kappa shape index (κ2) is 26.6. The molecule has 0 bridgehead atoms. The molecule has 3 aliphatic rings. The van der Waals surface area contributed by atoms with Crippen molar-refractivity contribution in [2.75, 3.05) is 78.9 Å². The highest BCUT2D eigenvalue weighted by Gasteiger charge is 2.34. The number of ether oxygens (including phenoxy) is 3. The van der Waals surface area contributed by atoms with Crippen LogP contribution in [0.15, 0.2) is 36.5 Å². The van der Waals surface area contributed by atoms with Crippen LogP contribution in [0.4, 0.5) is 0 Å². The van der Waals surface area contributed by atoms with Crippen molar-refractivity contribution in [2.24, 2.45) is 0 Å². The monoisotopic (exact) mass is 875 g/mol. The van der Waals surface area contributed by atoms with Crippen LogP contribution in [0.3, 0.4) is 0 Å². The standard InChI is InChI=1S/C39H53N7O14S/c47-28(13-19-44-32(51)7-8-33(44)52)40-16-2-22-58-25-39(43-31(50)5-1-6-38(57)61,26-59-23-3-17-41-29(48)14-20-45-34(53)9-10-35(45)54)27-60-24-4-18-42-30(49)15-21-46-36(55)11-12-37(46)56/h7-12H,1-6,13-27H2,(H,40,47)(H,41,48)(H,42,49)(H,43,50)(H,57,61). The van der Waals surface area contributed by atoms with Gasteiger partial charge in [0.15, 0.2) is 5.12 Å². The molecule has 0 radical (unpaired) electrons. The van der Waals surface area contributed by atoms with Crippen LogP contribution in [0, 0.1) is 0 Å².